The molecule has 0 bridgehead atoms. The Morgan fingerprint density at radius 1 is 0.852 bits per heavy atom. The number of carboxylic acid groups (broad SMARTS) is 1. The molecule has 1 N–H and O–H groups in total. The van der Waals surface area contributed by atoms with E-state index >= 15 is 0 Å². The highest BCUT2D eigenvalue weighted by Gasteiger charge is 2.15. The largest absolute Gasteiger partial charge is 0.496 e. The molecule has 4 nitrogen and oxygen atoms in total. The number of benzene rings is 3. The zero-order chi connectivity index (χ0) is 19.1. The van der Waals surface area contributed by atoms with Crippen LogP contribution in [0.5, 0.6) is 11.5 Å². The number of aromatic carboxylic acids is 1. The summed E-state index contributed by atoms with van der Waals surface area (Å²) in [7, 11) is 1.56. The minimum absolute atomic E-state index is 0.275. The van der Waals surface area contributed by atoms with Crippen molar-refractivity contribution in [2.75, 3.05) is 7.11 Å². The van der Waals surface area contributed by atoms with E-state index in [1.165, 1.54) is 0 Å². The van der Waals surface area contributed by atoms with Gasteiger partial charge in [-0.25, -0.2) is 4.79 Å². The van der Waals surface area contributed by atoms with Gasteiger partial charge in [0.25, 0.3) is 0 Å². The first-order valence-corrected chi connectivity index (χ1v) is 8.83. The van der Waals surface area contributed by atoms with E-state index in [4.69, 9.17) is 9.47 Å². The van der Waals surface area contributed by atoms with Gasteiger partial charge in [-0.15, -0.1) is 0 Å². The van der Waals surface area contributed by atoms with E-state index in [2.05, 4.69) is 0 Å². The van der Waals surface area contributed by atoms with E-state index in [9.17, 15) is 9.90 Å². The van der Waals surface area contributed by atoms with Crippen molar-refractivity contribution in [3.05, 3.63) is 95.1 Å². The van der Waals surface area contributed by atoms with Gasteiger partial charge in [0.2, 0.25) is 0 Å². The molecule has 4 heteroatoms. The Labute approximate surface area is 159 Å². The third kappa shape index (κ3) is 4.67. The van der Waals surface area contributed by atoms with E-state index in [-0.39, 0.29) is 5.56 Å². The number of carbonyl (C=O) groups is 1. The van der Waals surface area contributed by atoms with Crippen LogP contribution in [0.2, 0.25) is 0 Å². The summed E-state index contributed by atoms with van der Waals surface area (Å²) in [5.41, 5.74) is 3.11. The molecule has 3 rings (SSSR count). The predicted molar refractivity (Wildman–Crippen MR) is 105 cm³/mol. The van der Waals surface area contributed by atoms with E-state index in [0.29, 0.717) is 30.8 Å². The van der Waals surface area contributed by atoms with Gasteiger partial charge in [-0.3, -0.25) is 0 Å². The summed E-state index contributed by atoms with van der Waals surface area (Å²) in [4.78, 5) is 11.5. The van der Waals surface area contributed by atoms with E-state index < -0.39 is 5.97 Å². The first kappa shape index (κ1) is 18.5. The smallest absolute Gasteiger partial charge is 0.336 e. The molecule has 0 radical (unpaired) electrons. The lowest BCUT2D eigenvalue weighted by molar-refractivity contribution is 0.0695. The average molecular weight is 362 g/mol. The Kier molecular flexibility index (Phi) is 6.10. The molecule has 0 saturated heterocycles. The molecule has 0 fully saturated rings. The standard InChI is InChI=1S/C23H22O4/c1-26-22-13-7-11-20(23(24)25)19(22)15-14-18-10-5-6-12-21(18)27-16-17-8-3-2-4-9-17/h2-13H,14-16H2,1H3,(H,24,25). The van der Waals surface area contributed by atoms with Gasteiger partial charge in [0.15, 0.2) is 0 Å². The number of methoxy groups -OCH3 is 1. The monoisotopic (exact) mass is 362 g/mol. The second-order valence-electron chi connectivity index (χ2n) is 6.17. The van der Waals surface area contributed by atoms with Crippen LogP contribution in [0.15, 0.2) is 72.8 Å². The molecule has 0 saturated carbocycles. The normalized spacial score (nSPS) is 10.4. The van der Waals surface area contributed by atoms with Crippen molar-refractivity contribution in [2.45, 2.75) is 19.4 Å². The fourth-order valence-corrected chi connectivity index (χ4v) is 3.06. The van der Waals surface area contributed by atoms with Gasteiger partial charge in [0, 0.05) is 5.56 Å². The van der Waals surface area contributed by atoms with Gasteiger partial charge < -0.3 is 14.6 Å². The molecule has 0 aliphatic carbocycles. The summed E-state index contributed by atoms with van der Waals surface area (Å²) in [6.07, 6.45) is 1.21. The highest BCUT2D eigenvalue weighted by molar-refractivity contribution is 5.90. The van der Waals surface area contributed by atoms with E-state index in [0.717, 1.165) is 16.9 Å². The highest BCUT2D eigenvalue weighted by atomic mass is 16.5. The lowest BCUT2D eigenvalue weighted by Gasteiger charge is -2.14. The number of para-hydroxylation sites is 1. The molecule has 3 aromatic rings. The molecule has 0 aromatic heterocycles. The molecule has 0 aliphatic heterocycles. The second kappa shape index (κ2) is 8.90. The van der Waals surface area contributed by atoms with Gasteiger partial charge >= 0.3 is 5.97 Å². The van der Waals surface area contributed by atoms with Gasteiger partial charge in [-0.1, -0.05) is 54.6 Å². The maximum absolute atomic E-state index is 11.5. The topological polar surface area (TPSA) is 55.8 Å². The summed E-state index contributed by atoms with van der Waals surface area (Å²) in [5, 5.41) is 9.47. The number of ether oxygens (including phenoxy) is 2. The van der Waals surface area contributed by atoms with Crippen LogP contribution >= 0.6 is 0 Å². The van der Waals surface area contributed by atoms with Gasteiger partial charge in [0.1, 0.15) is 18.1 Å². The summed E-state index contributed by atoms with van der Waals surface area (Å²) >= 11 is 0. The van der Waals surface area contributed by atoms with Crippen molar-refractivity contribution in [2.24, 2.45) is 0 Å². The zero-order valence-electron chi connectivity index (χ0n) is 15.2. The third-order valence-corrected chi connectivity index (χ3v) is 4.44. The summed E-state index contributed by atoms with van der Waals surface area (Å²) in [6.45, 7) is 0.493. The summed E-state index contributed by atoms with van der Waals surface area (Å²) in [5.74, 6) is 0.461. The van der Waals surface area contributed by atoms with Crippen LogP contribution in [-0.4, -0.2) is 18.2 Å². The number of hydrogen-bond acceptors (Lipinski definition) is 3. The van der Waals surface area contributed by atoms with Crippen LogP contribution in [0.1, 0.15) is 27.0 Å². The van der Waals surface area contributed by atoms with Crippen molar-refractivity contribution in [1.29, 1.82) is 0 Å². The first-order chi connectivity index (χ1) is 13.2. The van der Waals surface area contributed by atoms with Gasteiger partial charge in [-0.05, 0) is 42.2 Å². The lowest BCUT2D eigenvalue weighted by Crippen LogP contribution is -2.06. The van der Waals surface area contributed by atoms with E-state index in [1.807, 2.05) is 54.6 Å². The minimum atomic E-state index is -0.947. The highest BCUT2D eigenvalue weighted by Crippen LogP contribution is 2.27. The van der Waals surface area contributed by atoms with Crippen molar-refractivity contribution in [3.63, 3.8) is 0 Å². The molecule has 0 unspecified atom stereocenters. The molecule has 0 atom stereocenters. The van der Waals surface area contributed by atoms with Crippen LogP contribution in [0.3, 0.4) is 0 Å². The van der Waals surface area contributed by atoms with Crippen LogP contribution in [0, 0.1) is 0 Å². The molecule has 138 valence electrons. The molecular formula is C23H22O4. The Morgan fingerprint density at radius 2 is 1.56 bits per heavy atom. The predicted octanol–water partition coefficient (Wildman–Crippen LogP) is 4.76. The second-order valence-corrected chi connectivity index (χ2v) is 6.17. The van der Waals surface area contributed by atoms with Crippen LogP contribution in [0.4, 0.5) is 0 Å². The summed E-state index contributed by atoms with van der Waals surface area (Å²) < 4.78 is 11.4. The number of aryl methyl sites for hydroxylation is 1. The number of carboxylic acids is 1. The van der Waals surface area contributed by atoms with Crippen LogP contribution in [0.25, 0.3) is 0 Å². The van der Waals surface area contributed by atoms with Gasteiger partial charge in [0.05, 0.1) is 12.7 Å². The van der Waals surface area contributed by atoms with Gasteiger partial charge in [-0.2, -0.15) is 0 Å². The molecule has 0 spiro atoms. The Hall–Kier alpha value is -3.27. The van der Waals surface area contributed by atoms with Crippen molar-refractivity contribution < 1.29 is 19.4 Å². The summed E-state index contributed by atoms with van der Waals surface area (Å²) in [6, 6.07) is 23.0. The third-order valence-electron chi connectivity index (χ3n) is 4.44. The molecule has 3 aromatic carbocycles. The average Bonchev–Trinajstić information content (AvgIpc) is 2.71. The van der Waals surface area contributed by atoms with E-state index in [1.54, 1.807) is 25.3 Å². The SMILES string of the molecule is COc1cccc(C(=O)O)c1CCc1ccccc1OCc1ccccc1. The Morgan fingerprint density at radius 3 is 2.30 bits per heavy atom. The molecule has 0 aliphatic rings. The molecule has 0 amide bonds. The number of hydrogen-bond donors (Lipinski definition) is 1. The van der Waals surface area contributed by atoms with Crippen molar-refractivity contribution >= 4 is 5.97 Å². The number of rotatable bonds is 8. The maximum Gasteiger partial charge on any atom is 0.336 e. The van der Waals surface area contributed by atoms with Crippen molar-refractivity contribution in [3.8, 4) is 11.5 Å². The lowest BCUT2D eigenvalue weighted by atomic mass is 9.98. The maximum atomic E-state index is 11.5. The van der Waals surface area contributed by atoms with Crippen LogP contribution in [-0.2, 0) is 19.4 Å². The zero-order valence-corrected chi connectivity index (χ0v) is 15.2. The fraction of sp³-hybridized carbons (Fsp3) is 0.174. The quantitative estimate of drug-likeness (QED) is 0.628. The van der Waals surface area contributed by atoms with Crippen LogP contribution < -0.4 is 9.47 Å². The molecule has 0 heterocycles. The minimum Gasteiger partial charge on any atom is -0.496 e. The molecule has 27 heavy (non-hydrogen) atoms. The van der Waals surface area contributed by atoms with Crippen molar-refractivity contribution in [1.82, 2.24) is 0 Å². The fourth-order valence-electron chi connectivity index (χ4n) is 3.06. The molecular weight excluding hydrogens is 340 g/mol. The Bertz CT molecular complexity index is 903. The Balaban J connectivity index is 1.77. The first-order valence-electron chi connectivity index (χ1n) is 8.83.